The SMILES string of the molecule is Cc1ccc(Cc2sc(NC(=O)C3(O)CCSC3)nc2C)cc1. The molecule has 1 saturated heterocycles. The van der Waals surface area contributed by atoms with Crippen LogP contribution in [-0.4, -0.2) is 33.1 Å². The van der Waals surface area contributed by atoms with Crippen LogP contribution in [0.15, 0.2) is 24.3 Å². The van der Waals surface area contributed by atoms with E-state index in [0.717, 1.165) is 22.7 Å². The van der Waals surface area contributed by atoms with Gasteiger partial charge in [0.15, 0.2) is 10.7 Å². The van der Waals surface area contributed by atoms with E-state index in [4.69, 9.17) is 0 Å². The number of carbonyl (C=O) groups excluding carboxylic acids is 1. The lowest BCUT2D eigenvalue weighted by atomic mass is 10.0. The van der Waals surface area contributed by atoms with E-state index in [-0.39, 0.29) is 5.91 Å². The van der Waals surface area contributed by atoms with Crippen molar-refractivity contribution >= 4 is 34.1 Å². The zero-order valence-corrected chi connectivity index (χ0v) is 14.9. The molecule has 1 aliphatic heterocycles. The largest absolute Gasteiger partial charge is 0.379 e. The first kappa shape index (κ1) is 16.5. The number of amides is 1. The van der Waals surface area contributed by atoms with Crippen molar-refractivity contribution in [1.82, 2.24) is 4.98 Å². The van der Waals surface area contributed by atoms with Crippen LogP contribution in [0.1, 0.15) is 28.1 Å². The van der Waals surface area contributed by atoms with Crippen LogP contribution in [0.5, 0.6) is 0 Å². The van der Waals surface area contributed by atoms with E-state index < -0.39 is 5.60 Å². The van der Waals surface area contributed by atoms with Crippen LogP contribution in [-0.2, 0) is 11.2 Å². The third-order valence-electron chi connectivity index (χ3n) is 4.02. The van der Waals surface area contributed by atoms with Crippen LogP contribution in [0.3, 0.4) is 0 Å². The van der Waals surface area contributed by atoms with Gasteiger partial charge in [-0.1, -0.05) is 29.8 Å². The fourth-order valence-electron chi connectivity index (χ4n) is 2.48. The minimum absolute atomic E-state index is 0.335. The van der Waals surface area contributed by atoms with Gasteiger partial charge in [0.1, 0.15) is 0 Å². The summed E-state index contributed by atoms with van der Waals surface area (Å²) in [5.74, 6) is 0.942. The maximum atomic E-state index is 12.2. The van der Waals surface area contributed by atoms with E-state index in [1.807, 2.05) is 6.92 Å². The van der Waals surface area contributed by atoms with Gasteiger partial charge in [0.25, 0.3) is 5.91 Å². The van der Waals surface area contributed by atoms with E-state index >= 15 is 0 Å². The topological polar surface area (TPSA) is 62.2 Å². The number of carbonyl (C=O) groups is 1. The van der Waals surface area contributed by atoms with Crippen molar-refractivity contribution in [1.29, 1.82) is 0 Å². The van der Waals surface area contributed by atoms with Crippen molar-refractivity contribution in [3.05, 3.63) is 46.0 Å². The Morgan fingerprint density at radius 1 is 1.35 bits per heavy atom. The summed E-state index contributed by atoms with van der Waals surface area (Å²) in [7, 11) is 0. The van der Waals surface area contributed by atoms with E-state index in [1.165, 1.54) is 22.5 Å². The molecule has 1 amide bonds. The number of benzene rings is 1. The van der Waals surface area contributed by atoms with Crippen LogP contribution in [0.2, 0.25) is 0 Å². The summed E-state index contributed by atoms with van der Waals surface area (Å²) in [6, 6.07) is 8.43. The molecule has 0 bridgehead atoms. The van der Waals surface area contributed by atoms with Gasteiger partial charge >= 0.3 is 0 Å². The number of thiazole rings is 1. The maximum absolute atomic E-state index is 12.2. The molecule has 23 heavy (non-hydrogen) atoms. The molecule has 4 nitrogen and oxygen atoms in total. The third-order valence-corrected chi connectivity index (χ3v) is 6.27. The third kappa shape index (κ3) is 3.76. The monoisotopic (exact) mass is 348 g/mol. The molecule has 2 aromatic rings. The highest BCUT2D eigenvalue weighted by molar-refractivity contribution is 7.99. The lowest BCUT2D eigenvalue weighted by Gasteiger charge is -2.18. The smallest absolute Gasteiger partial charge is 0.259 e. The number of aryl methyl sites for hydroxylation is 2. The summed E-state index contributed by atoms with van der Waals surface area (Å²) in [4.78, 5) is 17.8. The number of aromatic nitrogens is 1. The average molecular weight is 348 g/mol. The first-order valence-corrected chi connectivity index (χ1v) is 9.57. The highest BCUT2D eigenvalue weighted by Gasteiger charge is 2.39. The van der Waals surface area contributed by atoms with Crippen molar-refractivity contribution < 1.29 is 9.90 Å². The van der Waals surface area contributed by atoms with Crippen molar-refractivity contribution in [2.24, 2.45) is 0 Å². The van der Waals surface area contributed by atoms with E-state index in [2.05, 4.69) is 41.5 Å². The minimum Gasteiger partial charge on any atom is -0.379 e. The fourth-order valence-corrected chi connectivity index (χ4v) is 4.71. The van der Waals surface area contributed by atoms with Gasteiger partial charge in [0, 0.05) is 17.1 Å². The molecule has 122 valence electrons. The Balaban J connectivity index is 1.70. The number of nitrogens with zero attached hydrogens (tertiary/aromatic N) is 1. The molecule has 6 heteroatoms. The zero-order valence-electron chi connectivity index (χ0n) is 13.3. The predicted molar refractivity (Wildman–Crippen MR) is 96.4 cm³/mol. The summed E-state index contributed by atoms with van der Waals surface area (Å²) in [5, 5.41) is 13.7. The molecule has 0 radical (unpaired) electrons. The van der Waals surface area contributed by atoms with Crippen LogP contribution >= 0.6 is 23.1 Å². The van der Waals surface area contributed by atoms with Crippen LogP contribution < -0.4 is 5.32 Å². The van der Waals surface area contributed by atoms with Crippen LogP contribution in [0, 0.1) is 13.8 Å². The van der Waals surface area contributed by atoms with Gasteiger partial charge in [-0.25, -0.2) is 4.98 Å². The first-order valence-electron chi connectivity index (χ1n) is 7.60. The molecule has 1 fully saturated rings. The van der Waals surface area contributed by atoms with Gasteiger partial charge < -0.3 is 5.11 Å². The molecule has 1 atom stereocenters. The molecule has 0 saturated carbocycles. The van der Waals surface area contributed by atoms with Crippen molar-refractivity contribution in [2.75, 3.05) is 16.8 Å². The van der Waals surface area contributed by atoms with E-state index in [1.54, 1.807) is 11.8 Å². The minimum atomic E-state index is -1.25. The van der Waals surface area contributed by atoms with E-state index in [0.29, 0.717) is 17.3 Å². The Morgan fingerprint density at radius 3 is 2.74 bits per heavy atom. The molecule has 2 N–H and O–H groups in total. The molecule has 1 aliphatic rings. The molecule has 1 unspecified atom stereocenters. The lowest BCUT2D eigenvalue weighted by Crippen LogP contribution is -2.42. The summed E-state index contributed by atoms with van der Waals surface area (Å²) < 4.78 is 0. The average Bonchev–Trinajstić information content (AvgIpc) is 3.09. The van der Waals surface area contributed by atoms with Crippen molar-refractivity contribution in [2.45, 2.75) is 32.3 Å². The number of nitrogens with one attached hydrogen (secondary N) is 1. The Kier molecular flexibility index (Phi) is 4.75. The molecule has 0 aliphatic carbocycles. The second kappa shape index (κ2) is 6.63. The molecule has 3 rings (SSSR count). The van der Waals surface area contributed by atoms with Gasteiger partial charge in [0.2, 0.25) is 0 Å². The van der Waals surface area contributed by atoms with Crippen molar-refractivity contribution in [3.63, 3.8) is 0 Å². The quantitative estimate of drug-likeness (QED) is 0.891. The van der Waals surface area contributed by atoms with Gasteiger partial charge in [-0.3, -0.25) is 10.1 Å². The second-order valence-electron chi connectivity index (χ2n) is 5.98. The number of rotatable bonds is 4. The Hall–Kier alpha value is -1.37. The van der Waals surface area contributed by atoms with Gasteiger partial charge in [-0.05, 0) is 31.6 Å². The summed E-state index contributed by atoms with van der Waals surface area (Å²) in [5.41, 5.74) is 2.15. The van der Waals surface area contributed by atoms with Gasteiger partial charge in [-0.2, -0.15) is 11.8 Å². The Morgan fingerprint density at radius 2 is 2.09 bits per heavy atom. The highest BCUT2D eigenvalue weighted by Crippen LogP contribution is 2.31. The zero-order chi connectivity index (χ0) is 16.4. The number of hydrogen-bond acceptors (Lipinski definition) is 5. The Bertz CT molecular complexity index is 704. The van der Waals surface area contributed by atoms with Crippen LogP contribution in [0.4, 0.5) is 5.13 Å². The summed E-state index contributed by atoms with van der Waals surface area (Å²) >= 11 is 3.09. The maximum Gasteiger partial charge on any atom is 0.259 e. The normalized spacial score (nSPS) is 20.7. The molecular formula is C17H20N2O2S2. The molecule has 1 aromatic heterocycles. The van der Waals surface area contributed by atoms with Gasteiger partial charge in [-0.15, -0.1) is 11.3 Å². The van der Waals surface area contributed by atoms with Gasteiger partial charge in [0.05, 0.1) is 5.69 Å². The number of anilines is 1. The standard InChI is InChI=1S/C17H20N2O2S2/c1-11-3-5-13(6-4-11)9-14-12(2)18-16(23-14)19-15(20)17(21)7-8-22-10-17/h3-6,21H,7-10H2,1-2H3,(H,18,19,20). The number of hydrogen-bond donors (Lipinski definition) is 2. The molecular weight excluding hydrogens is 328 g/mol. The van der Waals surface area contributed by atoms with E-state index in [9.17, 15) is 9.90 Å². The molecule has 2 heterocycles. The lowest BCUT2D eigenvalue weighted by molar-refractivity contribution is -0.131. The first-order chi connectivity index (χ1) is 11.0. The Labute approximate surface area is 144 Å². The highest BCUT2D eigenvalue weighted by atomic mass is 32.2. The summed E-state index contributed by atoms with van der Waals surface area (Å²) in [6.45, 7) is 4.03. The number of thioether (sulfide) groups is 1. The van der Waals surface area contributed by atoms with Crippen LogP contribution in [0.25, 0.3) is 0 Å². The number of aliphatic hydroxyl groups is 1. The molecule has 0 spiro atoms. The predicted octanol–water partition coefficient (Wildman–Crippen LogP) is 3.16. The second-order valence-corrected chi connectivity index (χ2v) is 8.17. The van der Waals surface area contributed by atoms with Crippen molar-refractivity contribution in [3.8, 4) is 0 Å². The fraction of sp³-hybridized carbons (Fsp3) is 0.412. The summed E-state index contributed by atoms with van der Waals surface area (Å²) in [6.07, 6.45) is 1.31. The molecule has 1 aromatic carbocycles.